The number of rotatable bonds is 5. The van der Waals surface area contributed by atoms with E-state index in [0.717, 1.165) is 4.88 Å². The number of benzene rings is 1. The first-order chi connectivity index (χ1) is 12.9. The van der Waals surface area contributed by atoms with Crippen LogP contribution in [0.25, 0.3) is 0 Å². The van der Waals surface area contributed by atoms with E-state index in [4.69, 9.17) is 16.0 Å². The molecular weight excluding hydrogens is 454 g/mol. The average Bonchev–Trinajstić information content (AvgIpc) is 3.28. The average molecular weight is 467 g/mol. The van der Waals surface area contributed by atoms with Gasteiger partial charge in [0.1, 0.15) is 0 Å². The maximum atomic E-state index is 12.5. The number of hydrazone groups is 1. The Morgan fingerprint density at radius 1 is 1.11 bits per heavy atom. The van der Waals surface area contributed by atoms with Gasteiger partial charge in [0.05, 0.1) is 26.2 Å². The van der Waals surface area contributed by atoms with Gasteiger partial charge in [0.2, 0.25) is 0 Å². The zero-order chi connectivity index (χ0) is 19.4. The highest BCUT2D eigenvalue weighted by molar-refractivity contribution is 9.10. The fourth-order valence-corrected chi connectivity index (χ4v) is 3.46. The van der Waals surface area contributed by atoms with E-state index in [2.05, 4.69) is 31.8 Å². The van der Waals surface area contributed by atoms with Gasteiger partial charge in [0.15, 0.2) is 10.4 Å². The predicted molar refractivity (Wildman–Crippen MR) is 110 cm³/mol. The maximum absolute atomic E-state index is 12.5. The summed E-state index contributed by atoms with van der Waals surface area (Å²) >= 11 is 10.4. The number of nitrogens with zero attached hydrogens (tertiary/aromatic N) is 1. The van der Waals surface area contributed by atoms with Gasteiger partial charge in [-0.05, 0) is 59.3 Å². The molecule has 0 aliphatic rings. The molecule has 0 saturated carbocycles. The second-order valence-corrected chi connectivity index (χ2v) is 7.84. The van der Waals surface area contributed by atoms with Gasteiger partial charge in [-0.1, -0.05) is 23.7 Å². The van der Waals surface area contributed by atoms with Gasteiger partial charge in [0, 0.05) is 0 Å². The molecule has 3 rings (SSSR count). The number of furan rings is 1. The molecule has 6 nitrogen and oxygen atoms in total. The van der Waals surface area contributed by atoms with E-state index in [1.165, 1.54) is 17.4 Å². The second-order valence-electron chi connectivity index (χ2n) is 5.35. The lowest BCUT2D eigenvalue weighted by atomic mass is 10.1. The van der Waals surface area contributed by atoms with Gasteiger partial charge in [-0.2, -0.15) is 5.10 Å². The van der Waals surface area contributed by atoms with Crippen molar-refractivity contribution in [1.29, 1.82) is 0 Å². The van der Waals surface area contributed by atoms with Gasteiger partial charge in [0.25, 0.3) is 11.8 Å². The van der Waals surface area contributed by atoms with Crippen LogP contribution in [0.15, 0.2) is 62.7 Å². The minimum atomic E-state index is -0.464. The Morgan fingerprint density at radius 3 is 2.56 bits per heavy atom. The molecule has 0 fully saturated rings. The Kier molecular flexibility index (Phi) is 6.10. The van der Waals surface area contributed by atoms with Crippen molar-refractivity contribution < 1.29 is 14.0 Å². The normalized spacial score (nSPS) is 11.3. The number of hydrogen-bond acceptors (Lipinski definition) is 5. The minimum absolute atomic E-state index is 0.125. The van der Waals surface area contributed by atoms with Crippen LogP contribution in [0, 0.1) is 0 Å². The molecule has 0 aliphatic heterocycles. The lowest BCUT2D eigenvalue weighted by molar-refractivity contribution is 0.0955. The first-order valence-electron chi connectivity index (χ1n) is 7.70. The summed E-state index contributed by atoms with van der Waals surface area (Å²) in [5, 5.41) is 6.76. The smallest absolute Gasteiger partial charge is 0.291 e. The van der Waals surface area contributed by atoms with E-state index in [-0.39, 0.29) is 11.3 Å². The van der Waals surface area contributed by atoms with E-state index < -0.39 is 11.8 Å². The lowest BCUT2D eigenvalue weighted by Gasteiger charge is -2.09. The molecule has 0 radical (unpaired) electrons. The molecule has 0 saturated heterocycles. The quantitative estimate of drug-likeness (QED) is 0.402. The Bertz CT molecular complexity index is 1030. The molecule has 138 valence electrons. The van der Waals surface area contributed by atoms with E-state index >= 15 is 0 Å². The molecule has 0 bridgehead atoms. The van der Waals surface area contributed by atoms with Crippen molar-refractivity contribution in [2.75, 3.05) is 5.32 Å². The van der Waals surface area contributed by atoms with Crippen molar-refractivity contribution in [2.24, 2.45) is 5.10 Å². The number of carbonyl (C=O) groups is 2. The van der Waals surface area contributed by atoms with Crippen molar-refractivity contribution in [2.45, 2.75) is 6.92 Å². The molecule has 9 heteroatoms. The second kappa shape index (κ2) is 8.51. The summed E-state index contributed by atoms with van der Waals surface area (Å²) < 4.78 is 6.30. The third-order valence-electron chi connectivity index (χ3n) is 3.47. The van der Waals surface area contributed by atoms with Crippen molar-refractivity contribution in [3.05, 3.63) is 73.7 Å². The number of hydrogen-bond donors (Lipinski definition) is 2. The predicted octanol–water partition coefficient (Wildman–Crippen LogP) is 5.16. The van der Waals surface area contributed by atoms with Crippen LogP contribution in [-0.2, 0) is 0 Å². The Morgan fingerprint density at radius 2 is 1.89 bits per heavy atom. The first-order valence-corrected chi connectivity index (χ1v) is 9.69. The molecule has 2 heterocycles. The Hall–Kier alpha value is -2.42. The largest absolute Gasteiger partial charge is 0.444 e. The van der Waals surface area contributed by atoms with Crippen molar-refractivity contribution in [3.63, 3.8) is 0 Å². The molecular formula is C18H13BrClN3O3S. The van der Waals surface area contributed by atoms with Crippen LogP contribution < -0.4 is 10.7 Å². The minimum Gasteiger partial charge on any atom is -0.444 e. The van der Waals surface area contributed by atoms with E-state index in [9.17, 15) is 9.59 Å². The summed E-state index contributed by atoms with van der Waals surface area (Å²) in [6.07, 6.45) is 0. The SMILES string of the molecule is C/C(=N\NC(=O)c1ccccc1NC(=O)c1ccc(Br)o1)c1ccc(Cl)s1. The fraction of sp³-hybridized carbons (Fsp3) is 0.0556. The molecule has 27 heavy (non-hydrogen) atoms. The number of carbonyl (C=O) groups excluding carboxylic acids is 2. The Labute approximate surface area is 172 Å². The van der Waals surface area contributed by atoms with E-state index in [1.54, 1.807) is 43.3 Å². The van der Waals surface area contributed by atoms with Crippen LogP contribution in [0.5, 0.6) is 0 Å². The fourth-order valence-electron chi connectivity index (χ4n) is 2.17. The molecule has 1 aromatic carbocycles. The van der Waals surface area contributed by atoms with Crippen LogP contribution in [0.3, 0.4) is 0 Å². The topological polar surface area (TPSA) is 83.7 Å². The molecule has 2 N–H and O–H groups in total. The van der Waals surface area contributed by atoms with Crippen molar-refractivity contribution >= 4 is 62.1 Å². The van der Waals surface area contributed by atoms with Crippen LogP contribution in [0.2, 0.25) is 4.34 Å². The summed E-state index contributed by atoms with van der Waals surface area (Å²) in [6, 6.07) is 13.4. The molecule has 2 amide bonds. The van der Waals surface area contributed by atoms with Crippen molar-refractivity contribution in [1.82, 2.24) is 5.43 Å². The molecule has 2 aromatic heterocycles. The molecule has 0 spiro atoms. The third-order valence-corrected chi connectivity index (χ3v) is 5.24. The number of thiophene rings is 1. The summed E-state index contributed by atoms with van der Waals surface area (Å²) in [5.41, 5.74) is 3.74. The molecule has 0 unspecified atom stereocenters. The summed E-state index contributed by atoms with van der Waals surface area (Å²) in [5.74, 6) is -0.789. The maximum Gasteiger partial charge on any atom is 0.291 e. The highest BCUT2D eigenvalue weighted by Crippen LogP contribution is 2.22. The van der Waals surface area contributed by atoms with E-state index in [1.807, 2.05) is 6.07 Å². The summed E-state index contributed by atoms with van der Waals surface area (Å²) in [7, 11) is 0. The van der Waals surface area contributed by atoms with Crippen LogP contribution in [0.1, 0.15) is 32.7 Å². The van der Waals surface area contributed by atoms with Crippen LogP contribution in [-0.4, -0.2) is 17.5 Å². The number of amides is 2. The van der Waals surface area contributed by atoms with Crippen LogP contribution in [0.4, 0.5) is 5.69 Å². The monoisotopic (exact) mass is 465 g/mol. The third kappa shape index (κ3) is 4.85. The number of para-hydroxylation sites is 1. The standard InChI is InChI=1S/C18H13BrClN3O3S/c1-10(14-7-9-16(20)27-14)22-23-17(24)11-4-2-3-5-12(11)21-18(25)13-6-8-15(19)26-13/h2-9H,1H3,(H,21,25)(H,23,24)/b22-10+. The van der Waals surface area contributed by atoms with Gasteiger partial charge in [-0.15, -0.1) is 11.3 Å². The van der Waals surface area contributed by atoms with E-state index in [0.29, 0.717) is 20.4 Å². The number of nitrogens with one attached hydrogen (secondary N) is 2. The highest BCUT2D eigenvalue weighted by Gasteiger charge is 2.16. The van der Waals surface area contributed by atoms with Crippen LogP contribution >= 0.6 is 38.9 Å². The van der Waals surface area contributed by atoms with Gasteiger partial charge >= 0.3 is 0 Å². The number of halogens is 2. The number of anilines is 1. The first kappa shape index (κ1) is 19.3. The summed E-state index contributed by atoms with van der Waals surface area (Å²) in [6.45, 7) is 1.77. The molecule has 3 aromatic rings. The van der Waals surface area contributed by atoms with Crippen molar-refractivity contribution in [3.8, 4) is 0 Å². The zero-order valence-corrected chi connectivity index (χ0v) is 17.1. The molecule has 0 atom stereocenters. The van der Waals surface area contributed by atoms with Gasteiger partial charge in [-0.25, -0.2) is 5.43 Å². The van der Waals surface area contributed by atoms with Gasteiger partial charge in [-0.3, -0.25) is 9.59 Å². The lowest BCUT2D eigenvalue weighted by Crippen LogP contribution is -2.22. The Balaban J connectivity index is 1.74. The highest BCUT2D eigenvalue weighted by atomic mass is 79.9. The summed E-state index contributed by atoms with van der Waals surface area (Å²) in [4.78, 5) is 25.6. The van der Waals surface area contributed by atoms with Gasteiger partial charge < -0.3 is 9.73 Å². The zero-order valence-electron chi connectivity index (χ0n) is 14.0. The molecule has 0 aliphatic carbocycles.